The second kappa shape index (κ2) is 3.20. The van der Waals surface area contributed by atoms with Gasteiger partial charge in [-0.05, 0) is 25.1 Å². The van der Waals surface area contributed by atoms with Crippen LogP contribution >= 0.6 is 11.8 Å². The van der Waals surface area contributed by atoms with E-state index < -0.39 is 5.60 Å². The van der Waals surface area contributed by atoms with Crippen LogP contribution in [0.2, 0.25) is 0 Å². The molecule has 1 unspecified atom stereocenters. The number of ether oxygens (including phenoxy) is 1. The third-order valence-electron chi connectivity index (χ3n) is 1.89. The summed E-state index contributed by atoms with van der Waals surface area (Å²) in [4.78, 5) is 11.6. The summed E-state index contributed by atoms with van der Waals surface area (Å²) in [6.45, 7) is 3.73. The molecule has 12 heavy (non-hydrogen) atoms. The van der Waals surface area contributed by atoms with Crippen molar-refractivity contribution >= 4 is 17.1 Å². The number of rotatable bonds is 1. The lowest BCUT2D eigenvalue weighted by molar-refractivity contribution is 0.0835. The van der Waals surface area contributed by atoms with Crippen molar-refractivity contribution in [1.82, 2.24) is 0 Å². The first-order valence-electron chi connectivity index (χ1n) is 3.63. The number of allylic oxidation sites excluding steroid dienone is 1. The molecule has 4 heteroatoms. The zero-order valence-corrected chi connectivity index (χ0v) is 7.77. The fourth-order valence-electron chi connectivity index (χ4n) is 0.940. The quantitative estimate of drug-likeness (QED) is 0.462. The molecule has 64 valence electrons. The zero-order chi connectivity index (χ0) is 9.19. The Kier molecular flexibility index (Phi) is 2.43. The van der Waals surface area contributed by atoms with Gasteiger partial charge < -0.3 is 4.74 Å². The second-order valence-electron chi connectivity index (χ2n) is 2.68. The van der Waals surface area contributed by atoms with E-state index in [4.69, 9.17) is 10.00 Å². The number of hydrogen-bond donors (Lipinski definition) is 0. The Balaban J connectivity index is 2.95. The van der Waals surface area contributed by atoms with Crippen LogP contribution in [0.4, 0.5) is 4.79 Å². The van der Waals surface area contributed by atoms with E-state index in [2.05, 4.69) is 0 Å². The highest BCUT2D eigenvalue weighted by Crippen LogP contribution is 2.42. The van der Waals surface area contributed by atoms with Gasteiger partial charge in [-0.3, -0.25) is 0 Å². The highest BCUT2D eigenvalue weighted by molar-refractivity contribution is 8.17. The van der Waals surface area contributed by atoms with E-state index in [-0.39, 0.29) is 5.30 Å². The number of carbonyl (C=O) groups is 1. The minimum absolute atomic E-state index is 0.319. The topological polar surface area (TPSA) is 50.1 Å². The third-order valence-corrected chi connectivity index (χ3v) is 2.91. The molecule has 1 fully saturated rings. The lowest BCUT2D eigenvalue weighted by Crippen LogP contribution is -2.24. The van der Waals surface area contributed by atoms with Crippen LogP contribution in [0.3, 0.4) is 0 Å². The monoisotopic (exact) mass is 183 g/mol. The molecule has 1 rings (SSSR count). The van der Waals surface area contributed by atoms with E-state index in [1.54, 1.807) is 0 Å². The maximum atomic E-state index is 10.9. The van der Waals surface area contributed by atoms with Crippen molar-refractivity contribution in [3.63, 3.8) is 0 Å². The Labute approximate surface area is 75.4 Å². The summed E-state index contributed by atoms with van der Waals surface area (Å²) < 4.78 is 5.07. The van der Waals surface area contributed by atoms with Crippen LogP contribution in [0.25, 0.3) is 0 Å². The molecule has 1 saturated heterocycles. The van der Waals surface area contributed by atoms with Crippen LogP contribution in [0, 0.1) is 11.3 Å². The summed E-state index contributed by atoms with van der Waals surface area (Å²) in [5, 5.41) is 8.12. The summed E-state index contributed by atoms with van der Waals surface area (Å²) >= 11 is 0.999. The molecule has 0 amide bonds. The third kappa shape index (κ3) is 1.46. The first kappa shape index (κ1) is 9.14. The van der Waals surface area contributed by atoms with E-state index in [0.717, 1.165) is 11.8 Å². The van der Waals surface area contributed by atoms with Gasteiger partial charge >= 0.3 is 5.30 Å². The minimum Gasteiger partial charge on any atom is -0.446 e. The Hall–Kier alpha value is -0.950. The van der Waals surface area contributed by atoms with Crippen LogP contribution in [0.5, 0.6) is 0 Å². The average molecular weight is 183 g/mol. The van der Waals surface area contributed by atoms with Crippen LogP contribution in [0.1, 0.15) is 20.3 Å². The molecular formula is C8H9NO2S. The number of nitriles is 1. The van der Waals surface area contributed by atoms with Crippen LogP contribution in [-0.2, 0) is 4.74 Å². The summed E-state index contributed by atoms with van der Waals surface area (Å²) in [7, 11) is 0. The van der Waals surface area contributed by atoms with Crippen molar-refractivity contribution in [1.29, 1.82) is 5.26 Å². The van der Waals surface area contributed by atoms with Gasteiger partial charge in [0.1, 0.15) is 5.60 Å². The van der Waals surface area contributed by atoms with Crippen LogP contribution < -0.4 is 0 Å². The lowest BCUT2D eigenvalue weighted by atomic mass is 10.0. The molecule has 0 aromatic heterocycles. The van der Waals surface area contributed by atoms with Gasteiger partial charge in [-0.1, -0.05) is 6.92 Å². The minimum atomic E-state index is -0.572. The van der Waals surface area contributed by atoms with Gasteiger partial charge in [-0.15, -0.1) is 0 Å². The number of nitrogens with zero attached hydrogens (tertiary/aromatic N) is 1. The summed E-state index contributed by atoms with van der Waals surface area (Å²) in [6, 6.07) is 1.90. The fourth-order valence-corrected chi connectivity index (χ4v) is 1.86. The molecule has 0 aromatic carbocycles. The molecule has 0 aliphatic carbocycles. The average Bonchev–Trinajstić information content (AvgIpc) is 2.29. The van der Waals surface area contributed by atoms with E-state index >= 15 is 0 Å². The molecule has 0 saturated carbocycles. The number of thioether (sulfide) groups is 1. The lowest BCUT2D eigenvalue weighted by Gasteiger charge is -2.20. The maximum Gasteiger partial charge on any atom is 0.372 e. The van der Waals surface area contributed by atoms with Crippen LogP contribution in [-0.4, -0.2) is 10.9 Å². The van der Waals surface area contributed by atoms with Crippen molar-refractivity contribution in [3.8, 4) is 6.07 Å². The van der Waals surface area contributed by atoms with Gasteiger partial charge in [-0.25, -0.2) is 4.79 Å². The Morgan fingerprint density at radius 3 is 3.00 bits per heavy atom. The smallest absolute Gasteiger partial charge is 0.372 e. The van der Waals surface area contributed by atoms with Gasteiger partial charge in [0.25, 0.3) is 0 Å². The highest BCUT2D eigenvalue weighted by Gasteiger charge is 2.40. The Bertz CT molecular complexity index is 279. The van der Waals surface area contributed by atoms with Crippen molar-refractivity contribution < 1.29 is 9.53 Å². The van der Waals surface area contributed by atoms with E-state index in [9.17, 15) is 4.79 Å². The molecule has 0 spiro atoms. The summed E-state index contributed by atoms with van der Waals surface area (Å²) in [5.74, 6) is 0. The Morgan fingerprint density at radius 1 is 1.83 bits per heavy atom. The first-order valence-corrected chi connectivity index (χ1v) is 4.45. The maximum absolute atomic E-state index is 10.9. The first-order chi connectivity index (χ1) is 5.62. The zero-order valence-electron chi connectivity index (χ0n) is 6.96. The van der Waals surface area contributed by atoms with Gasteiger partial charge in [0.05, 0.1) is 6.07 Å². The molecule has 1 aliphatic rings. The number of carbonyl (C=O) groups excluding carboxylic acids is 1. The van der Waals surface area contributed by atoms with Gasteiger partial charge in [0, 0.05) is 11.0 Å². The molecule has 0 radical (unpaired) electrons. The standard InChI is InChI=1S/C8H9NO2S/c1-3-8(2)6(4-5-9)12-7(10)11-8/h4H,3H2,1-2H3. The molecule has 0 N–H and O–H groups in total. The van der Waals surface area contributed by atoms with Crippen LogP contribution in [0.15, 0.2) is 11.0 Å². The van der Waals surface area contributed by atoms with E-state index in [1.165, 1.54) is 6.08 Å². The van der Waals surface area contributed by atoms with Crippen molar-refractivity contribution in [3.05, 3.63) is 11.0 Å². The summed E-state index contributed by atoms with van der Waals surface area (Å²) in [5.41, 5.74) is -0.572. The predicted molar refractivity (Wildman–Crippen MR) is 46.5 cm³/mol. The molecule has 0 aromatic rings. The predicted octanol–water partition coefficient (Wildman–Crippen LogP) is 2.45. The molecule has 1 heterocycles. The number of hydrogen-bond acceptors (Lipinski definition) is 4. The fraction of sp³-hybridized carbons (Fsp3) is 0.500. The van der Waals surface area contributed by atoms with E-state index in [1.807, 2.05) is 19.9 Å². The second-order valence-corrected chi connectivity index (χ2v) is 3.65. The highest BCUT2D eigenvalue weighted by atomic mass is 32.2. The number of cyclic esters (lactones) is 1. The molecule has 1 atom stereocenters. The van der Waals surface area contributed by atoms with Crippen molar-refractivity contribution in [2.24, 2.45) is 0 Å². The largest absolute Gasteiger partial charge is 0.446 e. The SMILES string of the molecule is CCC1(C)OC(=O)SC1=CC#N. The van der Waals surface area contributed by atoms with E-state index in [0.29, 0.717) is 11.3 Å². The molecular weight excluding hydrogens is 174 g/mol. The van der Waals surface area contributed by atoms with Crippen molar-refractivity contribution in [2.75, 3.05) is 0 Å². The Morgan fingerprint density at radius 2 is 2.50 bits per heavy atom. The normalized spacial score (nSPS) is 31.8. The molecule has 3 nitrogen and oxygen atoms in total. The van der Waals surface area contributed by atoms with Crippen molar-refractivity contribution in [2.45, 2.75) is 25.9 Å². The van der Waals surface area contributed by atoms with Gasteiger partial charge in [-0.2, -0.15) is 5.26 Å². The summed E-state index contributed by atoms with van der Waals surface area (Å²) in [6.07, 6.45) is 2.07. The molecule has 0 bridgehead atoms. The van der Waals surface area contributed by atoms with Gasteiger partial charge in [0.2, 0.25) is 0 Å². The van der Waals surface area contributed by atoms with Gasteiger partial charge in [0.15, 0.2) is 0 Å². The molecule has 1 aliphatic heterocycles.